The third-order valence-corrected chi connectivity index (χ3v) is 3.96. The van der Waals surface area contributed by atoms with Gasteiger partial charge in [0, 0.05) is 17.9 Å². The van der Waals surface area contributed by atoms with E-state index < -0.39 is 0 Å². The fraction of sp³-hybridized carbons (Fsp3) is 0.278. The summed E-state index contributed by atoms with van der Waals surface area (Å²) in [6.07, 6.45) is 2.21. The first-order valence-corrected chi connectivity index (χ1v) is 7.42. The largest absolute Gasteiger partial charge is 0.362 e. The van der Waals surface area contributed by atoms with Crippen molar-refractivity contribution < 1.29 is 4.79 Å². The van der Waals surface area contributed by atoms with Crippen LogP contribution in [0.25, 0.3) is 0 Å². The van der Waals surface area contributed by atoms with Crippen LogP contribution >= 0.6 is 0 Å². The summed E-state index contributed by atoms with van der Waals surface area (Å²) in [5, 5.41) is 3.01. The third-order valence-electron chi connectivity index (χ3n) is 3.96. The highest BCUT2D eigenvalue weighted by atomic mass is 16.2. The molecule has 108 valence electrons. The number of aryl methyl sites for hydroxylation is 2. The molecule has 0 saturated carbocycles. The maximum absolute atomic E-state index is 12.3. The van der Waals surface area contributed by atoms with Gasteiger partial charge in [-0.05, 0) is 43.0 Å². The van der Waals surface area contributed by atoms with Gasteiger partial charge in [0.25, 0.3) is 0 Å². The predicted molar refractivity (Wildman–Crippen MR) is 86.8 cm³/mol. The van der Waals surface area contributed by atoms with Crippen LogP contribution in [0.1, 0.15) is 17.5 Å². The highest BCUT2D eigenvalue weighted by Crippen LogP contribution is 2.26. The van der Waals surface area contributed by atoms with Gasteiger partial charge in [0.2, 0.25) is 5.91 Å². The minimum Gasteiger partial charge on any atom is -0.362 e. The van der Waals surface area contributed by atoms with Crippen molar-refractivity contribution in [2.45, 2.75) is 19.8 Å². The number of amides is 1. The average Bonchev–Trinajstić information content (AvgIpc) is 2.50. The zero-order valence-corrected chi connectivity index (χ0v) is 12.3. The Hall–Kier alpha value is -2.29. The molecule has 1 heterocycles. The minimum absolute atomic E-state index is 0.0426. The van der Waals surface area contributed by atoms with E-state index in [1.807, 2.05) is 37.3 Å². The Morgan fingerprint density at radius 1 is 1.14 bits per heavy atom. The molecule has 0 bridgehead atoms. The number of anilines is 2. The highest BCUT2D eigenvalue weighted by Gasteiger charge is 2.18. The van der Waals surface area contributed by atoms with E-state index in [9.17, 15) is 4.79 Å². The van der Waals surface area contributed by atoms with E-state index in [1.54, 1.807) is 0 Å². The summed E-state index contributed by atoms with van der Waals surface area (Å²) >= 11 is 0. The van der Waals surface area contributed by atoms with E-state index >= 15 is 0 Å². The molecule has 1 aliphatic rings. The van der Waals surface area contributed by atoms with Crippen LogP contribution in [0.5, 0.6) is 0 Å². The summed E-state index contributed by atoms with van der Waals surface area (Å²) in [6.45, 7) is 3.36. The Balaban J connectivity index is 1.70. The summed E-state index contributed by atoms with van der Waals surface area (Å²) in [7, 11) is 0. The molecule has 0 unspecified atom stereocenters. The van der Waals surface area contributed by atoms with Gasteiger partial charge in [0.05, 0.1) is 6.54 Å². The SMILES string of the molecule is Cc1ccccc1NC(=O)CN1CCCc2ccccc21. The number of carbonyl (C=O) groups excluding carboxylic acids is 1. The quantitative estimate of drug-likeness (QED) is 0.934. The molecule has 0 atom stereocenters. The van der Waals surface area contributed by atoms with Crippen LogP contribution in [0.3, 0.4) is 0 Å². The number of rotatable bonds is 3. The average molecular weight is 280 g/mol. The number of para-hydroxylation sites is 2. The van der Waals surface area contributed by atoms with E-state index in [4.69, 9.17) is 0 Å². The molecule has 2 aromatic carbocycles. The second-order valence-corrected chi connectivity index (χ2v) is 5.52. The summed E-state index contributed by atoms with van der Waals surface area (Å²) in [5.74, 6) is 0.0426. The molecule has 2 aromatic rings. The molecule has 1 aliphatic heterocycles. The van der Waals surface area contributed by atoms with Crippen LogP contribution in [0.4, 0.5) is 11.4 Å². The molecule has 1 amide bonds. The van der Waals surface area contributed by atoms with Gasteiger partial charge in [-0.1, -0.05) is 36.4 Å². The summed E-state index contributed by atoms with van der Waals surface area (Å²) in [4.78, 5) is 14.5. The van der Waals surface area contributed by atoms with Crippen LogP contribution in [0.15, 0.2) is 48.5 Å². The Morgan fingerprint density at radius 3 is 2.76 bits per heavy atom. The van der Waals surface area contributed by atoms with E-state index in [2.05, 4.69) is 28.4 Å². The number of nitrogens with one attached hydrogen (secondary N) is 1. The molecule has 3 rings (SSSR count). The maximum Gasteiger partial charge on any atom is 0.243 e. The Kier molecular flexibility index (Phi) is 3.91. The minimum atomic E-state index is 0.0426. The van der Waals surface area contributed by atoms with Gasteiger partial charge >= 0.3 is 0 Å². The van der Waals surface area contributed by atoms with Crippen LogP contribution in [0.2, 0.25) is 0 Å². The van der Waals surface area contributed by atoms with Gasteiger partial charge in [-0.25, -0.2) is 0 Å². The predicted octanol–water partition coefficient (Wildman–Crippen LogP) is 3.39. The summed E-state index contributed by atoms with van der Waals surface area (Å²) in [6, 6.07) is 16.2. The normalized spacial score (nSPS) is 13.7. The summed E-state index contributed by atoms with van der Waals surface area (Å²) in [5.41, 5.74) is 4.52. The molecule has 3 heteroatoms. The highest BCUT2D eigenvalue weighted by molar-refractivity contribution is 5.94. The van der Waals surface area contributed by atoms with Crippen molar-refractivity contribution in [2.24, 2.45) is 0 Å². The van der Waals surface area contributed by atoms with Crippen LogP contribution in [0, 0.1) is 6.92 Å². The van der Waals surface area contributed by atoms with E-state index in [0.717, 1.165) is 30.6 Å². The van der Waals surface area contributed by atoms with E-state index in [-0.39, 0.29) is 5.91 Å². The van der Waals surface area contributed by atoms with E-state index in [1.165, 1.54) is 11.3 Å². The zero-order valence-electron chi connectivity index (χ0n) is 12.3. The monoisotopic (exact) mass is 280 g/mol. The number of fused-ring (bicyclic) bond motifs is 1. The molecule has 0 saturated heterocycles. The topological polar surface area (TPSA) is 32.3 Å². The Morgan fingerprint density at radius 2 is 1.90 bits per heavy atom. The molecule has 0 aromatic heterocycles. The number of hydrogen-bond donors (Lipinski definition) is 1. The fourth-order valence-electron chi connectivity index (χ4n) is 2.85. The molecule has 21 heavy (non-hydrogen) atoms. The fourth-order valence-corrected chi connectivity index (χ4v) is 2.85. The summed E-state index contributed by atoms with van der Waals surface area (Å²) < 4.78 is 0. The second-order valence-electron chi connectivity index (χ2n) is 5.52. The number of nitrogens with zero attached hydrogens (tertiary/aromatic N) is 1. The number of benzene rings is 2. The smallest absolute Gasteiger partial charge is 0.243 e. The lowest BCUT2D eigenvalue weighted by Crippen LogP contribution is -2.36. The molecule has 0 fully saturated rings. The van der Waals surface area contributed by atoms with Crippen molar-refractivity contribution >= 4 is 17.3 Å². The third kappa shape index (κ3) is 3.07. The molecule has 0 spiro atoms. The maximum atomic E-state index is 12.3. The van der Waals surface area contributed by atoms with Crippen LogP contribution in [-0.2, 0) is 11.2 Å². The van der Waals surface area contributed by atoms with Crippen molar-refractivity contribution in [3.8, 4) is 0 Å². The van der Waals surface area contributed by atoms with Crippen LogP contribution in [-0.4, -0.2) is 19.0 Å². The van der Waals surface area contributed by atoms with Crippen molar-refractivity contribution in [2.75, 3.05) is 23.3 Å². The van der Waals surface area contributed by atoms with Crippen molar-refractivity contribution in [1.29, 1.82) is 0 Å². The molecular weight excluding hydrogens is 260 g/mol. The molecule has 3 nitrogen and oxygen atoms in total. The van der Waals surface area contributed by atoms with Crippen LogP contribution < -0.4 is 10.2 Å². The van der Waals surface area contributed by atoms with Gasteiger partial charge in [-0.3, -0.25) is 4.79 Å². The van der Waals surface area contributed by atoms with Crippen molar-refractivity contribution in [1.82, 2.24) is 0 Å². The van der Waals surface area contributed by atoms with Gasteiger partial charge in [0.15, 0.2) is 0 Å². The molecular formula is C18H20N2O. The number of hydrogen-bond acceptors (Lipinski definition) is 2. The Labute approximate surface area is 125 Å². The number of carbonyl (C=O) groups is 1. The van der Waals surface area contributed by atoms with Gasteiger partial charge < -0.3 is 10.2 Å². The zero-order chi connectivity index (χ0) is 14.7. The van der Waals surface area contributed by atoms with Crippen molar-refractivity contribution in [3.05, 3.63) is 59.7 Å². The first-order chi connectivity index (χ1) is 10.2. The molecule has 0 aliphatic carbocycles. The lowest BCUT2D eigenvalue weighted by molar-refractivity contribution is -0.115. The molecule has 0 radical (unpaired) electrons. The first kappa shape index (κ1) is 13.7. The first-order valence-electron chi connectivity index (χ1n) is 7.42. The lowest BCUT2D eigenvalue weighted by Gasteiger charge is -2.30. The van der Waals surface area contributed by atoms with E-state index in [0.29, 0.717) is 6.54 Å². The van der Waals surface area contributed by atoms with Gasteiger partial charge in [0.1, 0.15) is 0 Å². The molecule has 1 N–H and O–H groups in total. The second kappa shape index (κ2) is 6.00. The Bertz CT molecular complexity index is 651. The standard InChI is InChI=1S/C18H20N2O/c1-14-7-2-4-10-16(14)19-18(21)13-20-12-6-9-15-8-3-5-11-17(15)20/h2-5,7-8,10-11H,6,9,12-13H2,1H3,(H,19,21). The van der Waals surface area contributed by atoms with Crippen molar-refractivity contribution in [3.63, 3.8) is 0 Å². The van der Waals surface area contributed by atoms with Gasteiger partial charge in [-0.15, -0.1) is 0 Å². The lowest BCUT2D eigenvalue weighted by atomic mass is 10.0. The van der Waals surface area contributed by atoms with Gasteiger partial charge in [-0.2, -0.15) is 0 Å².